The van der Waals surface area contributed by atoms with Crippen molar-refractivity contribution in [1.82, 2.24) is 0 Å². The summed E-state index contributed by atoms with van der Waals surface area (Å²) in [6, 6.07) is 8.39. The van der Waals surface area contributed by atoms with Gasteiger partial charge in [0.25, 0.3) is 0 Å². The second kappa shape index (κ2) is 11.7. The molecule has 2 unspecified atom stereocenters. The van der Waals surface area contributed by atoms with Crippen LogP contribution in [-0.2, 0) is 15.7 Å². The van der Waals surface area contributed by atoms with E-state index in [0.29, 0.717) is 13.2 Å². The Balaban J connectivity index is 1.64. The van der Waals surface area contributed by atoms with E-state index in [0.717, 1.165) is 43.4 Å². The lowest BCUT2D eigenvalue weighted by molar-refractivity contribution is -0.167. The molecule has 3 rings (SSSR count). The number of unbranched alkanes of at least 4 members (excludes halogenated alkanes) is 1. The molecule has 0 radical (unpaired) electrons. The van der Waals surface area contributed by atoms with Crippen molar-refractivity contribution < 1.29 is 41.3 Å². The summed E-state index contributed by atoms with van der Waals surface area (Å²) in [5.74, 6) is -3.40. The lowest BCUT2D eigenvalue weighted by Crippen LogP contribution is -2.27. The molecule has 1 fully saturated rings. The fourth-order valence-corrected chi connectivity index (χ4v) is 3.71. The highest BCUT2D eigenvalue weighted by molar-refractivity contribution is 5.92. The molecule has 0 saturated carbocycles. The number of ether oxygens (including phenoxy) is 4. The fraction of sp³-hybridized carbons (Fsp3) is 0.480. The molecule has 186 valence electrons. The average molecular weight is 484 g/mol. The van der Waals surface area contributed by atoms with Gasteiger partial charge < -0.3 is 18.9 Å². The summed E-state index contributed by atoms with van der Waals surface area (Å²) < 4.78 is 76.1. The van der Waals surface area contributed by atoms with Crippen molar-refractivity contribution >= 4 is 5.97 Å². The second-order valence-corrected chi connectivity index (χ2v) is 7.95. The van der Waals surface area contributed by atoms with E-state index in [9.17, 15) is 22.4 Å². The number of halogens is 4. The van der Waals surface area contributed by atoms with Crippen molar-refractivity contribution in [2.45, 2.75) is 57.9 Å². The molecule has 1 saturated heterocycles. The molecule has 5 nitrogen and oxygen atoms in total. The van der Waals surface area contributed by atoms with Gasteiger partial charge in [0.2, 0.25) is 0 Å². The summed E-state index contributed by atoms with van der Waals surface area (Å²) in [4.78, 5) is 12.4. The van der Waals surface area contributed by atoms with Crippen LogP contribution in [-0.4, -0.2) is 32.1 Å². The number of rotatable bonds is 9. The first-order chi connectivity index (χ1) is 16.2. The quantitative estimate of drug-likeness (QED) is 0.176. The van der Waals surface area contributed by atoms with Crippen LogP contribution in [0.5, 0.6) is 11.5 Å². The first-order valence-electron chi connectivity index (χ1n) is 11.3. The first kappa shape index (κ1) is 26.0. The van der Waals surface area contributed by atoms with Gasteiger partial charge in [0, 0.05) is 12.5 Å². The largest absolute Gasteiger partial charge is 0.493 e. The van der Waals surface area contributed by atoms with Gasteiger partial charge in [0.05, 0.1) is 18.8 Å². The van der Waals surface area contributed by atoms with Gasteiger partial charge in [-0.15, -0.1) is 0 Å². The summed E-state index contributed by atoms with van der Waals surface area (Å²) in [6.45, 7) is 4.65. The summed E-state index contributed by atoms with van der Waals surface area (Å²) >= 11 is 0. The summed E-state index contributed by atoms with van der Waals surface area (Å²) in [5.41, 5.74) is -1.48. The molecule has 1 heterocycles. The van der Waals surface area contributed by atoms with E-state index in [1.165, 1.54) is 19.1 Å². The Bertz CT molecular complexity index is 951. The van der Waals surface area contributed by atoms with Crippen molar-refractivity contribution in [2.24, 2.45) is 0 Å². The number of benzene rings is 2. The molecule has 1 aliphatic rings. The van der Waals surface area contributed by atoms with Crippen LogP contribution < -0.4 is 9.47 Å². The molecule has 0 bridgehead atoms. The molecule has 1 aliphatic heterocycles. The van der Waals surface area contributed by atoms with E-state index < -0.39 is 34.8 Å². The molecule has 2 aromatic carbocycles. The maximum Gasteiger partial charge on any atom is 0.422 e. The maximum atomic E-state index is 14.6. The van der Waals surface area contributed by atoms with E-state index in [1.807, 2.05) is 0 Å². The molecule has 9 heteroatoms. The Kier molecular flexibility index (Phi) is 8.90. The third kappa shape index (κ3) is 6.48. The van der Waals surface area contributed by atoms with Crippen molar-refractivity contribution in [3.05, 3.63) is 58.9 Å². The Morgan fingerprint density at radius 2 is 1.82 bits per heavy atom. The third-order valence-electron chi connectivity index (χ3n) is 5.50. The lowest BCUT2D eigenvalue weighted by atomic mass is 9.93. The van der Waals surface area contributed by atoms with Gasteiger partial charge in [0.1, 0.15) is 17.1 Å². The van der Waals surface area contributed by atoms with E-state index in [4.69, 9.17) is 18.9 Å². The maximum absolute atomic E-state index is 14.6. The molecular formula is C25H28F4O5. The molecular weight excluding hydrogens is 456 g/mol. The Morgan fingerprint density at radius 3 is 2.41 bits per heavy atom. The molecule has 0 amide bonds. The highest BCUT2D eigenvalue weighted by atomic mass is 19.4. The second-order valence-electron chi connectivity index (χ2n) is 7.95. The Labute approximate surface area is 196 Å². The number of alkyl halides is 3. The molecule has 2 aromatic rings. The normalized spacial score (nSPS) is 18.5. The Hall–Kier alpha value is -2.65. The molecule has 0 aromatic heterocycles. The van der Waals surface area contributed by atoms with Crippen LogP contribution in [0.1, 0.15) is 66.9 Å². The predicted molar refractivity (Wildman–Crippen MR) is 117 cm³/mol. The van der Waals surface area contributed by atoms with Gasteiger partial charge in [0.15, 0.2) is 12.1 Å². The van der Waals surface area contributed by atoms with Crippen molar-refractivity contribution in [2.75, 3.05) is 19.8 Å². The zero-order valence-corrected chi connectivity index (χ0v) is 19.1. The van der Waals surface area contributed by atoms with Gasteiger partial charge in [-0.2, -0.15) is 13.2 Å². The smallest absolute Gasteiger partial charge is 0.422 e. The highest BCUT2D eigenvalue weighted by Gasteiger charge is 2.40. The Morgan fingerprint density at radius 1 is 1.09 bits per heavy atom. The molecule has 2 atom stereocenters. The summed E-state index contributed by atoms with van der Waals surface area (Å²) in [7, 11) is 0. The van der Waals surface area contributed by atoms with Crippen molar-refractivity contribution in [1.29, 1.82) is 0 Å². The minimum atomic E-state index is -5.03. The van der Waals surface area contributed by atoms with Crippen LogP contribution in [0.4, 0.5) is 17.6 Å². The number of hydrogen-bond acceptors (Lipinski definition) is 5. The van der Waals surface area contributed by atoms with Gasteiger partial charge in [-0.3, -0.25) is 0 Å². The van der Waals surface area contributed by atoms with Crippen molar-refractivity contribution in [3.8, 4) is 11.5 Å². The number of esters is 1. The van der Waals surface area contributed by atoms with E-state index in [1.54, 1.807) is 12.1 Å². The van der Waals surface area contributed by atoms with Crippen LogP contribution in [0.2, 0.25) is 0 Å². The van der Waals surface area contributed by atoms with Gasteiger partial charge in [-0.1, -0.05) is 25.5 Å². The van der Waals surface area contributed by atoms with Crippen LogP contribution in [0.15, 0.2) is 36.4 Å². The summed E-state index contributed by atoms with van der Waals surface area (Å²) in [6.07, 6.45) is -1.55. The van der Waals surface area contributed by atoms with Crippen LogP contribution in [0.3, 0.4) is 0 Å². The summed E-state index contributed by atoms with van der Waals surface area (Å²) in [5, 5.41) is 0. The standard InChI is InChI=1S/C25H28F4O5/c1-3-5-14-32-21-13-8-17(15-33-21)16-6-9-18(10-7-16)34-24(30)19-11-12-20(31-4-2)22(23(19)26)25(27,28)29/h6-7,9-12,17,21H,3-5,8,13-15H2,1-2H3. The zero-order chi connectivity index (χ0) is 24.7. The first-order valence-corrected chi connectivity index (χ1v) is 11.3. The van der Waals surface area contributed by atoms with E-state index >= 15 is 0 Å². The van der Waals surface area contributed by atoms with Gasteiger partial charge in [-0.05, 0) is 56.0 Å². The van der Waals surface area contributed by atoms with Crippen LogP contribution in [0, 0.1) is 5.82 Å². The third-order valence-corrected chi connectivity index (χ3v) is 5.50. The average Bonchev–Trinajstić information content (AvgIpc) is 2.80. The van der Waals surface area contributed by atoms with Crippen LogP contribution in [0.25, 0.3) is 0 Å². The van der Waals surface area contributed by atoms with Gasteiger partial charge in [-0.25, -0.2) is 9.18 Å². The predicted octanol–water partition coefficient (Wildman–Crippen LogP) is 6.50. The molecule has 34 heavy (non-hydrogen) atoms. The SMILES string of the molecule is CCCCOC1CCC(c2ccc(OC(=O)c3ccc(OCC)c(C(F)(F)F)c3F)cc2)CO1. The number of carbonyl (C=O) groups excluding carboxylic acids is 1. The molecule has 0 N–H and O–H groups in total. The highest BCUT2D eigenvalue weighted by Crippen LogP contribution is 2.39. The molecule has 0 spiro atoms. The number of hydrogen-bond donors (Lipinski definition) is 0. The zero-order valence-electron chi connectivity index (χ0n) is 19.1. The number of carbonyl (C=O) groups is 1. The van der Waals surface area contributed by atoms with Crippen LogP contribution >= 0.6 is 0 Å². The van der Waals surface area contributed by atoms with E-state index in [2.05, 4.69) is 6.92 Å². The van der Waals surface area contributed by atoms with Crippen molar-refractivity contribution in [3.63, 3.8) is 0 Å². The minimum Gasteiger partial charge on any atom is -0.493 e. The lowest BCUT2D eigenvalue weighted by Gasteiger charge is -2.29. The van der Waals surface area contributed by atoms with Gasteiger partial charge >= 0.3 is 12.1 Å². The monoisotopic (exact) mass is 484 g/mol. The molecule has 0 aliphatic carbocycles. The van der Waals surface area contributed by atoms with E-state index in [-0.39, 0.29) is 24.6 Å². The topological polar surface area (TPSA) is 54.0 Å². The minimum absolute atomic E-state index is 0.0861. The fourth-order valence-electron chi connectivity index (χ4n) is 3.71.